The predicted octanol–water partition coefficient (Wildman–Crippen LogP) is 1.08. The number of likely N-dealkylation sites (N-methyl/N-ethyl adjacent to an activating group) is 1. The van der Waals surface area contributed by atoms with Gasteiger partial charge in [-0.2, -0.15) is 0 Å². The van der Waals surface area contributed by atoms with Crippen LogP contribution in [0.1, 0.15) is 36.0 Å². The molecule has 0 aromatic carbocycles. The molecule has 1 unspecified atom stereocenters. The van der Waals surface area contributed by atoms with Gasteiger partial charge in [0.25, 0.3) is 5.91 Å². The van der Waals surface area contributed by atoms with Gasteiger partial charge in [-0.15, -0.1) is 0 Å². The lowest BCUT2D eigenvalue weighted by atomic mass is 9.66. The summed E-state index contributed by atoms with van der Waals surface area (Å²) in [6.45, 7) is 2.25. The second-order valence-corrected chi connectivity index (χ2v) is 6.56. The van der Waals surface area contributed by atoms with Crippen molar-refractivity contribution < 1.29 is 14.0 Å². The monoisotopic (exact) mass is 305 g/mol. The van der Waals surface area contributed by atoms with Crippen molar-refractivity contribution in [2.75, 3.05) is 26.7 Å². The Morgan fingerprint density at radius 2 is 2.00 bits per heavy atom. The van der Waals surface area contributed by atoms with E-state index in [1.165, 1.54) is 12.5 Å². The summed E-state index contributed by atoms with van der Waals surface area (Å²) in [7, 11) is 1.97. The summed E-state index contributed by atoms with van der Waals surface area (Å²) in [5.74, 6) is -0.236. The number of hydrogen-bond acceptors (Lipinski definition) is 4. The number of piperidine rings is 2. The van der Waals surface area contributed by atoms with E-state index in [9.17, 15) is 9.59 Å². The fourth-order valence-corrected chi connectivity index (χ4v) is 4.18. The molecule has 22 heavy (non-hydrogen) atoms. The van der Waals surface area contributed by atoms with Gasteiger partial charge in [-0.3, -0.25) is 14.5 Å². The van der Waals surface area contributed by atoms with E-state index in [1.807, 2.05) is 11.9 Å². The Labute approximate surface area is 130 Å². The van der Waals surface area contributed by atoms with E-state index < -0.39 is 0 Å². The van der Waals surface area contributed by atoms with Crippen LogP contribution >= 0.6 is 0 Å². The van der Waals surface area contributed by atoms with Gasteiger partial charge in [0.1, 0.15) is 6.26 Å². The van der Waals surface area contributed by atoms with Crippen molar-refractivity contribution in [3.63, 3.8) is 0 Å². The molecule has 2 aliphatic heterocycles. The Morgan fingerprint density at radius 3 is 2.59 bits per heavy atom. The molecule has 1 aromatic heterocycles. The highest BCUT2D eigenvalue weighted by atomic mass is 16.3. The molecule has 3 heterocycles. The van der Waals surface area contributed by atoms with E-state index in [-0.39, 0.29) is 23.3 Å². The van der Waals surface area contributed by atoms with E-state index >= 15 is 0 Å². The molecular formula is C16H23N3O3. The zero-order chi connectivity index (χ0) is 15.7. The smallest absolute Gasteiger partial charge is 0.257 e. The molecule has 3 rings (SSSR count). The molecule has 0 radical (unpaired) electrons. The van der Waals surface area contributed by atoms with Crippen LogP contribution in [0.15, 0.2) is 23.0 Å². The second-order valence-electron chi connectivity index (χ2n) is 6.56. The first-order chi connectivity index (χ1) is 10.5. The molecule has 2 amide bonds. The van der Waals surface area contributed by atoms with Crippen molar-refractivity contribution >= 4 is 11.8 Å². The quantitative estimate of drug-likeness (QED) is 0.886. The summed E-state index contributed by atoms with van der Waals surface area (Å²) in [6.07, 6.45) is 6.74. The Bertz CT molecular complexity index is 547. The van der Waals surface area contributed by atoms with Crippen molar-refractivity contribution in [1.82, 2.24) is 9.80 Å². The molecule has 120 valence electrons. The highest BCUT2D eigenvalue weighted by molar-refractivity contribution is 5.93. The molecule has 6 nitrogen and oxygen atoms in total. The first-order valence-corrected chi connectivity index (χ1v) is 7.84. The number of amides is 2. The van der Waals surface area contributed by atoms with Crippen molar-refractivity contribution in [3.8, 4) is 0 Å². The van der Waals surface area contributed by atoms with Crippen LogP contribution in [0.25, 0.3) is 0 Å². The zero-order valence-corrected chi connectivity index (χ0v) is 13.0. The molecule has 1 aromatic rings. The summed E-state index contributed by atoms with van der Waals surface area (Å²) in [5, 5.41) is 0. The molecule has 2 aliphatic rings. The Morgan fingerprint density at radius 1 is 1.27 bits per heavy atom. The van der Waals surface area contributed by atoms with Crippen molar-refractivity contribution in [1.29, 1.82) is 0 Å². The van der Waals surface area contributed by atoms with E-state index in [1.54, 1.807) is 6.07 Å². The fraction of sp³-hybridized carbons (Fsp3) is 0.625. The minimum atomic E-state index is -0.239. The van der Waals surface area contributed by atoms with Gasteiger partial charge in [-0.25, -0.2) is 0 Å². The number of likely N-dealkylation sites (tertiary alicyclic amines) is 2. The number of furan rings is 1. The molecule has 1 spiro atoms. The summed E-state index contributed by atoms with van der Waals surface area (Å²) in [6, 6.07) is 1.47. The van der Waals surface area contributed by atoms with Crippen molar-refractivity contribution in [3.05, 3.63) is 24.2 Å². The molecule has 2 N–H and O–H groups in total. The van der Waals surface area contributed by atoms with E-state index in [0.29, 0.717) is 18.7 Å². The van der Waals surface area contributed by atoms with Crippen LogP contribution in [0.4, 0.5) is 0 Å². The van der Waals surface area contributed by atoms with E-state index in [2.05, 4.69) is 4.90 Å². The second kappa shape index (κ2) is 5.76. The van der Waals surface area contributed by atoms with Gasteiger partial charge in [0.05, 0.1) is 17.9 Å². The Balaban J connectivity index is 1.72. The normalized spacial score (nSPS) is 25.3. The molecule has 1 atom stereocenters. The van der Waals surface area contributed by atoms with E-state index in [0.717, 1.165) is 32.2 Å². The number of nitrogens with zero attached hydrogens (tertiary/aromatic N) is 2. The summed E-state index contributed by atoms with van der Waals surface area (Å²) in [4.78, 5) is 28.2. The van der Waals surface area contributed by atoms with Crippen LogP contribution in [0, 0.1) is 5.41 Å². The standard InChI is InChI=1S/C16H23N3O3/c1-18-7-2-4-16(13(18)14(17)20)5-8-19(9-6-16)15(21)12-3-10-22-11-12/h3,10-11,13H,2,4-9H2,1H3,(H2,17,20). The van der Waals surface area contributed by atoms with Gasteiger partial charge in [0, 0.05) is 13.1 Å². The van der Waals surface area contributed by atoms with Crippen LogP contribution in [0.2, 0.25) is 0 Å². The van der Waals surface area contributed by atoms with Crippen LogP contribution in [-0.4, -0.2) is 54.3 Å². The fourth-order valence-electron chi connectivity index (χ4n) is 4.18. The van der Waals surface area contributed by atoms with Gasteiger partial charge in [-0.1, -0.05) is 0 Å². The topological polar surface area (TPSA) is 79.8 Å². The molecular weight excluding hydrogens is 282 g/mol. The maximum Gasteiger partial charge on any atom is 0.257 e. The number of hydrogen-bond donors (Lipinski definition) is 1. The largest absolute Gasteiger partial charge is 0.472 e. The number of rotatable bonds is 2. The van der Waals surface area contributed by atoms with Crippen LogP contribution < -0.4 is 5.73 Å². The van der Waals surface area contributed by atoms with E-state index in [4.69, 9.17) is 10.2 Å². The lowest BCUT2D eigenvalue weighted by molar-refractivity contribution is -0.132. The lowest BCUT2D eigenvalue weighted by Gasteiger charge is -2.51. The molecule has 2 fully saturated rings. The van der Waals surface area contributed by atoms with Gasteiger partial charge in [0.15, 0.2) is 0 Å². The molecule has 0 bridgehead atoms. The lowest BCUT2D eigenvalue weighted by Crippen LogP contribution is -2.60. The average Bonchev–Trinajstić information content (AvgIpc) is 3.01. The van der Waals surface area contributed by atoms with Gasteiger partial charge in [-0.05, 0) is 50.8 Å². The molecule has 0 aliphatic carbocycles. The van der Waals surface area contributed by atoms with Crippen molar-refractivity contribution in [2.45, 2.75) is 31.7 Å². The summed E-state index contributed by atoms with van der Waals surface area (Å²) < 4.78 is 4.98. The summed E-state index contributed by atoms with van der Waals surface area (Å²) in [5.41, 5.74) is 6.17. The highest BCUT2D eigenvalue weighted by Gasteiger charge is 2.48. The Kier molecular flexibility index (Phi) is 3.95. The van der Waals surface area contributed by atoms with Crippen LogP contribution in [0.5, 0.6) is 0 Å². The number of carbonyl (C=O) groups excluding carboxylic acids is 2. The van der Waals surface area contributed by atoms with Gasteiger partial charge in [0.2, 0.25) is 5.91 Å². The highest BCUT2D eigenvalue weighted by Crippen LogP contribution is 2.44. The van der Waals surface area contributed by atoms with Gasteiger partial charge >= 0.3 is 0 Å². The summed E-state index contributed by atoms with van der Waals surface area (Å²) >= 11 is 0. The maximum atomic E-state index is 12.4. The molecule has 6 heteroatoms. The van der Waals surface area contributed by atoms with Crippen molar-refractivity contribution in [2.24, 2.45) is 11.1 Å². The first-order valence-electron chi connectivity index (χ1n) is 7.84. The molecule has 0 saturated carbocycles. The Hall–Kier alpha value is -1.82. The number of carbonyl (C=O) groups is 2. The number of primary amides is 1. The zero-order valence-electron chi connectivity index (χ0n) is 13.0. The third-order valence-electron chi connectivity index (χ3n) is 5.29. The number of nitrogens with two attached hydrogens (primary N) is 1. The van der Waals surface area contributed by atoms with Crippen LogP contribution in [-0.2, 0) is 4.79 Å². The minimum Gasteiger partial charge on any atom is -0.472 e. The first kappa shape index (κ1) is 15.1. The SMILES string of the molecule is CN1CCCC2(CCN(C(=O)c3ccoc3)CC2)C1C(N)=O. The minimum absolute atomic E-state index is 0.00314. The molecule has 2 saturated heterocycles. The third kappa shape index (κ3) is 2.52. The predicted molar refractivity (Wildman–Crippen MR) is 81.1 cm³/mol. The average molecular weight is 305 g/mol. The maximum absolute atomic E-state index is 12.4. The van der Waals surface area contributed by atoms with Crippen LogP contribution in [0.3, 0.4) is 0 Å². The third-order valence-corrected chi connectivity index (χ3v) is 5.29. The van der Waals surface area contributed by atoms with Gasteiger partial charge < -0.3 is 15.1 Å².